The molecule has 2 aromatic rings. The summed E-state index contributed by atoms with van der Waals surface area (Å²) in [6.07, 6.45) is 3.46. The van der Waals surface area contributed by atoms with E-state index in [9.17, 15) is 0 Å². The molecule has 2 aromatic heterocycles. The zero-order valence-electron chi connectivity index (χ0n) is 9.15. The van der Waals surface area contributed by atoms with Crippen molar-refractivity contribution in [2.24, 2.45) is 4.99 Å². The molecule has 0 bridgehead atoms. The molecule has 4 heterocycles. The van der Waals surface area contributed by atoms with Gasteiger partial charge in [0.15, 0.2) is 6.54 Å². The summed E-state index contributed by atoms with van der Waals surface area (Å²) in [5, 5.41) is 7.60. The summed E-state index contributed by atoms with van der Waals surface area (Å²) in [5.41, 5.74) is 0. The number of hydrogen-bond donors (Lipinski definition) is 0. The molecule has 0 saturated heterocycles. The molecule has 5 heteroatoms. The lowest BCUT2D eigenvalue weighted by Crippen LogP contribution is -3.00. The highest BCUT2D eigenvalue weighted by atomic mass is 35.5. The molecule has 0 radical (unpaired) electrons. The van der Waals surface area contributed by atoms with Crippen LogP contribution >= 0.6 is 23.1 Å². The van der Waals surface area contributed by atoms with Crippen LogP contribution in [-0.2, 0) is 6.54 Å². The van der Waals surface area contributed by atoms with Gasteiger partial charge in [0.1, 0.15) is 0 Å². The first kappa shape index (κ1) is 11.5. The average Bonchev–Trinajstić information content (AvgIpc) is 2.98. The number of hydrogen-bond acceptors (Lipinski definition) is 3. The Labute approximate surface area is 113 Å². The summed E-state index contributed by atoms with van der Waals surface area (Å²) in [6, 6.07) is 2.22. The van der Waals surface area contributed by atoms with Gasteiger partial charge < -0.3 is 12.4 Å². The second-order valence-corrected chi connectivity index (χ2v) is 6.06. The molecule has 4 rings (SSSR count). The van der Waals surface area contributed by atoms with Gasteiger partial charge in [-0.05, 0) is 29.6 Å². The van der Waals surface area contributed by atoms with E-state index in [1.807, 2.05) is 23.1 Å². The minimum Gasteiger partial charge on any atom is -1.00 e. The minimum absolute atomic E-state index is 0. The third kappa shape index (κ3) is 1.54. The number of rotatable bonds is 0. The molecule has 2 aliphatic heterocycles. The van der Waals surface area contributed by atoms with E-state index in [4.69, 9.17) is 4.99 Å². The summed E-state index contributed by atoms with van der Waals surface area (Å²) in [4.78, 5) is 6.12. The van der Waals surface area contributed by atoms with Crippen LogP contribution in [0.5, 0.6) is 0 Å². The van der Waals surface area contributed by atoms with E-state index in [0.717, 1.165) is 19.5 Å². The predicted octanol–water partition coefficient (Wildman–Crippen LogP) is -1.90. The van der Waals surface area contributed by atoms with Crippen molar-refractivity contribution in [3.63, 3.8) is 0 Å². The molecule has 0 spiro atoms. The van der Waals surface area contributed by atoms with Crippen molar-refractivity contribution in [2.45, 2.75) is 18.0 Å². The number of halogens is 1. The molecular weight excluding hydrogens is 272 g/mol. The first-order valence-corrected chi connectivity index (χ1v) is 7.42. The van der Waals surface area contributed by atoms with E-state index in [1.165, 1.54) is 31.6 Å². The Balaban J connectivity index is 0.000000902. The summed E-state index contributed by atoms with van der Waals surface area (Å²) < 4.78 is 2.47. The fourth-order valence-corrected chi connectivity index (χ4v) is 4.64. The van der Waals surface area contributed by atoms with Crippen molar-refractivity contribution in [3.05, 3.63) is 22.0 Å². The van der Waals surface area contributed by atoms with Gasteiger partial charge in [-0.3, -0.25) is 4.99 Å². The molecule has 0 fully saturated rings. The highest BCUT2D eigenvalue weighted by Crippen LogP contribution is 2.21. The van der Waals surface area contributed by atoms with Crippen molar-refractivity contribution in [1.29, 1.82) is 0 Å². The molecule has 88 valence electrons. The molecular formula is C12H11ClN2S2. The van der Waals surface area contributed by atoms with Gasteiger partial charge in [-0.1, -0.05) is 17.4 Å². The number of aryl methyl sites for hydroxylation is 1. The summed E-state index contributed by atoms with van der Waals surface area (Å²) in [5.74, 6) is 1.21. The summed E-state index contributed by atoms with van der Waals surface area (Å²) in [7, 11) is 0. The van der Waals surface area contributed by atoms with Crippen molar-refractivity contribution < 1.29 is 17.0 Å². The Morgan fingerprint density at radius 2 is 2.29 bits per heavy atom. The summed E-state index contributed by atoms with van der Waals surface area (Å²) in [6.45, 7) is 2.10. The van der Waals surface area contributed by atoms with Crippen molar-refractivity contribution in [3.8, 4) is 0 Å². The third-order valence-corrected chi connectivity index (χ3v) is 5.21. The second kappa shape index (κ2) is 4.26. The third-order valence-electron chi connectivity index (χ3n) is 3.18. The molecule has 2 aliphatic rings. The van der Waals surface area contributed by atoms with Gasteiger partial charge in [0.05, 0.1) is 21.7 Å². The topological polar surface area (TPSA) is 16.2 Å². The fraction of sp³-hybridized carbons (Fsp3) is 0.333. The maximum Gasteiger partial charge on any atom is 0.271 e. The van der Waals surface area contributed by atoms with Gasteiger partial charge >= 0.3 is 0 Å². The molecule has 0 amide bonds. The van der Waals surface area contributed by atoms with E-state index in [1.54, 1.807) is 0 Å². The number of thiophene rings is 1. The zero-order valence-corrected chi connectivity index (χ0v) is 11.5. The molecule has 0 unspecified atom stereocenters. The normalized spacial score (nSPS) is 16.7. The molecule has 0 aromatic carbocycles. The summed E-state index contributed by atoms with van der Waals surface area (Å²) >= 11 is 3.82. The van der Waals surface area contributed by atoms with Crippen LogP contribution < -0.4 is 27.6 Å². The first-order chi connectivity index (χ1) is 7.95. The Kier molecular flexibility index (Phi) is 2.89. The molecule has 17 heavy (non-hydrogen) atoms. The van der Waals surface area contributed by atoms with E-state index in [-0.39, 0.29) is 12.4 Å². The van der Waals surface area contributed by atoms with Crippen LogP contribution in [0.3, 0.4) is 0 Å². The maximum absolute atomic E-state index is 4.72. The Morgan fingerprint density at radius 1 is 1.35 bits per heavy atom. The van der Waals surface area contributed by atoms with Gasteiger partial charge in [-0.15, -0.1) is 0 Å². The predicted molar refractivity (Wildman–Crippen MR) is 67.5 cm³/mol. The van der Waals surface area contributed by atoms with Gasteiger partial charge in [-0.2, -0.15) is 4.57 Å². The van der Waals surface area contributed by atoms with Gasteiger partial charge in [-0.25, -0.2) is 0 Å². The average molecular weight is 283 g/mol. The van der Waals surface area contributed by atoms with E-state index in [0.29, 0.717) is 0 Å². The Morgan fingerprint density at radius 3 is 3.24 bits per heavy atom. The van der Waals surface area contributed by atoms with Crippen LogP contribution in [0.15, 0.2) is 21.5 Å². The van der Waals surface area contributed by atoms with E-state index < -0.39 is 0 Å². The highest BCUT2D eigenvalue weighted by Gasteiger charge is 2.27. The van der Waals surface area contributed by atoms with Gasteiger partial charge in [0.2, 0.25) is 0 Å². The zero-order chi connectivity index (χ0) is 10.5. The smallest absolute Gasteiger partial charge is 0.271 e. The van der Waals surface area contributed by atoms with Gasteiger partial charge in [0, 0.05) is 6.54 Å². The van der Waals surface area contributed by atoms with Gasteiger partial charge in [0.25, 0.3) is 9.86 Å². The standard InChI is InChI=1S/C12H11N2S2.ClH/c1-2-8-10(13-4-1)9-3-6-15-12(9)14-5-7-16-11(8)14;/h2-3,6H,1,4-5,7H2;1H/q+1;/p-1. The van der Waals surface area contributed by atoms with Crippen LogP contribution in [-0.4, -0.2) is 12.3 Å². The Bertz CT molecular complexity index is 705. The van der Waals surface area contributed by atoms with Crippen LogP contribution in [0.1, 0.15) is 6.42 Å². The number of aromatic nitrogens is 1. The SMILES string of the molecule is C1=c2c3[n+](c4sccc4c2=NCC1)CCS3.[Cl-]. The van der Waals surface area contributed by atoms with Crippen molar-refractivity contribution >= 4 is 39.4 Å². The number of fused-ring (bicyclic) bond motifs is 6. The number of pyridine rings is 1. The fourth-order valence-electron chi connectivity index (χ4n) is 2.51. The van der Waals surface area contributed by atoms with E-state index in [2.05, 4.69) is 22.1 Å². The molecule has 2 nitrogen and oxygen atoms in total. The monoisotopic (exact) mass is 282 g/mol. The largest absolute Gasteiger partial charge is 1.00 e. The molecule has 0 aliphatic carbocycles. The molecule has 0 N–H and O–H groups in total. The van der Waals surface area contributed by atoms with Crippen LogP contribution in [0.2, 0.25) is 0 Å². The van der Waals surface area contributed by atoms with Crippen LogP contribution in [0.4, 0.5) is 0 Å². The second-order valence-electron chi connectivity index (χ2n) is 4.08. The highest BCUT2D eigenvalue weighted by molar-refractivity contribution is 7.99. The quantitative estimate of drug-likeness (QED) is 0.516. The lowest BCUT2D eigenvalue weighted by atomic mass is 10.2. The Hall–Kier alpha value is -0.580. The lowest BCUT2D eigenvalue weighted by Gasteiger charge is -2.02. The van der Waals surface area contributed by atoms with Crippen molar-refractivity contribution in [1.82, 2.24) is 0 Å². The van der Waals surface area contributed by atoms with Crippen LogP contribution in [0, 0.1) is 0 Å². The first-order valence-electron chi connectivity index (χ1n) is 5.55. The van der Waals surface area contributed by atoms with E-state index >= 15 is 0 Å². The lowest BCUT2D eigenvalue weighted by molar-refractivity contribution is -0.697. The minimum atomic E-state index is 0. The molecule has 0 atom stereocenters. The maximum atomic E-state index is 4.72. The molecule has 0 saturated carbocycles. The number of thioether (sulfide) groups is 1. The van der Waals surface area contributed by atoms with Crippen LogP contribution in [0.25, 0.3) is 16.3 Å². The van der Waals surface area contributed by atoms with Crippen molar-refractivity contribution in [2.75, 3.05) is 12.3 Å². The number of nitrogens with zero attached hydrogens (tertiary/aromatic N) is 2.